The van der Waals surface area contributed by atoms with Crippen molar-refractivity contribution in [2.24, 2.45) is 5.92 Å². The normalized spacial score (nSPS) is 25.4. The summed E-state index contributed by atoms with van der Waals surface area (Å²) < 4.78 is 28.5. The van der Waals surface area contributed by atoms with Gasteiger partial charge in [-0.05, 0) is 12.0 Å². The topological polar surface area (TPSA) is 104 Å². The van der Waals surface area contributed by atoms with Crippen molar-refractivity contribution in [1.29, 1.82) is 0 Å². The molecular weight excluding hydrogens is 404 g/mol. The predicted molar refractivity (Wildman–Crippen MR) is 109 cm³/mol. The van der Waals surface area contributed by atoms with Gasteiger partial charge in [-0.3, -0.25) is 4.79 Å². The number of ether oxygens (including phenoxy) is 5. The monoisotopic (exact) mass is 428 g/mol. The number of carbonyl (C=O) groups is 1. The first-order chi connectivity index (χ1) is 14.8. The molecule has 3 heterocycles. The van der Waals surface area contributed by atoms with E-state index in [0.29, 0.717) is 29.4 Å². The van der Waals surface area contributed by atoms with E-state index in [-0.39, 0.29) is 41.3 Å². The Morgan fingerprint density at radius 3 is 2.48 bits per heavy atom. The minimum atomic E-state index is -2.05. The molecule has 0 unspecified atom stereocenters. The number of aliphatic hydroxyl groups is 1. The van der Waals surface area contributed by atoms with Crippen LogP contribution in [0.1, 0.15) is 35.3 Å². The average Bonchev–Trinajstić information content (AvgIpc) is 3.18. The number of carbonyl (C=O) groups excluding carboxylic acids is 1. The second kappa shape index (κ2) is 6.68. The van der Waals surface area contributed by atoms with Gasteiger partial charge in [-0.1, -0.05) is 13.8 Å². The van der Waals surface area contributed by atoms with Gasteiger partial charge in [0.15, 0.2) is 23.2 Å². The molecule has 2 aromatic carbocycles. The van der Waals surface area contributed by atoms with Crippen molar-refractivity contribution in [3.63, 3.8) is 0 Å². The van der Waals surface area contributed by atoms with E-state index in [1.807, 2.05) is 13.8 Å². The lowest BCUT2D eigenvalue weighted by atomic mass is 9.76. The van der Waals surface area contributed by atoms with Gasteiger partial charge in [0, 0.05) is 29.7 Å². The molecule has 2 aromatic rings. The molecule has 0 spiro atoms. The van der Waals surface area contributed by atoms with Gasteiger partial charge < -0.3 is 33.9 Å². The fraction of sp³-hybridized carbons (Fsp3) is 0.435. The van der Waals surface area contributed by atoms with Gasteiger partial charge in [-0.2, -0.15) is 0 Å². The van der Waals surface area contributed by atoms with Crippen molar-refractivity contribution in [1.82, 2.24) is 0 Å². The number of benzene rings is 2. The minimum absolute atomic E-state index is 0.0480. The summed E-state index contributed by atoms with van der Waals surface area (Å²) in [5.41, 5.74) is -1.18. The molecule has 0 amide bonds. The van der Waals surface area contributed by atoms with E-state index in [0.717, 1.165) is 5.56 Å². The second-order valence-corrected chi connectivity index (χ2v) is 8.40. The van der Waals surface area contributed by atoms with Crippen LogP contribution in [0.4, 0.5) is 0 Å². The fourth-order valence-electron chi connectivity index (χ4n) is 4.55. The molecule has 3 atom stereocenters. The Morgan fingerprint density at radius 1 is 1.10 bits per heavy atom. The van der Waals surface area contributed by atoms with Crippen molar-refractivity contribution in [3.05, 3.63) is 34.9 Å². The van der Waals surface area contributed by atoms with E-state index >= 15 is 0 Å². The SMILES string of the molecule is COc1cc2c(cc1OC)[C@]1(O)C(=O)c3c(O)cc4c(c3O[C@@H]1CO2)C[C@H](C(C)C)O4. The maximum atomic E-state index is 13.7. The van der Waals surface area contributed by atoms with Gasteiger partial charge in [0.05, 0.1) is 14.2 Å². The molecule has 164 valence electrons. The Balaban J connectivity index is 1.66. The standard InChI is InChI=1S/C23H24O8/c1-10(2)14-5-11-15(30-14)7-13(24)20-21(11)31-19-9-29-16-8-18(28-4)17(27-3)6-12(16)23(19,26)22(20)25/h6-8,10,14,19,24,26H,5,9H2,1-4H3/t14-,19-,23-/m1/s1. The van der Waals surface area contributed by atoms with Crippen LogP contribution in [0, 0.1) is 5.92 Å². The summed E-state index contributed by atoms with van der Waals surface area (Å²) in [4.78, 5) is 13.7. The number of ketones is 1. The summed E-state index contributed by atoms with van der Waals surface area (Å²) in [6.07, 6.45) is -0.529. The Kier molecular flexibility index (Phi) is 4.27. The highest BCUT2D eigenvalue weighted by atomic mass is 16.6. The Hall–Kier alpha value is -3.13. The third kappa shape index (κ3) is 2.61. The Bertz CT molecular complexity index is 1090. The molecule has 5 rings (SSSR count). The minimum Gasteiger partial charge on any atom is -0.507 e. The molecule has 3 aliphatic heterocycles. The third-order valence-electron chi connectivity index (χ3n) is 6.34. The molecule has 0 aromatic heterocycles. The maximum Gasteiger partial charge on any atom is 0.210 e. The van der Waals surface area contributed by atoms with Gasteiger partial charge in [0.1, 0.15) is 41.3 Å². The zero-order valence-electron chi connectivity index (χ0n) is 17.7. The molecule has 3 aliphatic rings. The average molecular weight is 428 g/mol. The van der Waals surface area contributed by atoms with E-state index in [4.69, 9.17) is 23.7 Å². The number of aromatic hydroxyl groups is 1. The van der Waals surface area contributed by atoms with Crippen LogP contribution >= 0.6 is 0 Å². The number of Topliss-reactive ketones (excluding diaryl/α,β-unsaturated/α-hetero) is 1. The smallest absolute Gasteiger partial charge is 0.210 e. The predicted octanol–water partition coefficient (Wildman–Crippen LogP) is 2.59. The van der Waals surface area contributed by atoms with Crippen molar-refractivity contribution in [2.45, 2.75) is 38.1 Å². The molecule has 31 heavy (non-hydrogen) atoms. The van der Waals surface area contributed by atoms with Gasteiger partial charge in [0.2, 0.25) is 5.78 Å². The van der Waals surface area contributed by atoms with E-state index < -0.39 is 17.5 Å². The van der Waals surface area contributed by atoms with Crippen LogP contribution in [0.25, 0.3) is 0 Å². The molecule has 0 aliphatic carbocycles. The number of fused-ring (bicyclic) bond motifs is 6. The van der Waals surface area contributed by atoms with Crippen LogP contribution in [0.5, 0.6) is 34.5 Å². The molecule has 8 nitrogen and oxygen atoms in total. The molecule has 8 heteroatoms. The molecule has 0 saturated heterocycles. The fourth-order valence-corrected chi connectivity index (χ4v) is 4.55. The summed E-state index contributed by atoms with van der Waals surface area (Å²) in [6.45, 7) is 4.03. The summed E-state index contributed by atoms with van der Waals surface area (Å²) in [6, 6.07) is 4.50. The molecule has 0 saturated carbocycles. The molecule has 2 N–H and O–H groups in total. The van der Waals surface area contributed by atoms with Crippen molar-refractivity contribution in [3.8, 4) is 34.5 Å². The highest BCUT2D eigenvalue weighted by Crippen LogP contribution is 2.53. The first-order valence-corrected chi connectivity index (χ1v) is 10.2. The van der Waals surface area contributed by atoms with Gasteiger partial charge in [-0.15, -0.1) is 0 Å². The molecule has 0 bridgehead atoms. The molecule has 0 fully saturated rings. The Labute approximate surface area is 179 Å². The van der Waals surface area contributed by atoms with E-state index in [1.165, 1.54) is 26.4 Å². The lowest BCUT2D eigenvalue weighted by Gasteiger charge is -2.43. The lowest BCUT2D eigenvalue weighted by molar-refractivity contribution is -0.0805. The highest BCUT2D eigenvalue weighted by Gasteiger charge is 2.57. The number of phenols is 1. The van der Waals surface area contributed by atoms with Crippen LogP contribution in [-0.4, -0.2) is 49.0 Å². The first-order valence-electron chi connectivity index (χ1n) is 10.2. The maximum absolute atomic E-state index is 13.7. The summed E-state index contributed by atoms with van der Waals surface area (Å²) >= 11 is 0. The molecular formula is C23H24O8. The van der Waals surface area contributed by atoms with Crippen molar-refractivity contribution >= 4 is 5.78 Å². The van der Waals surface area contributed by atoms with Gasteiger partial charge >= 0.3 is 0 Å². The zero-order valence-corrected chi connectivity index (χ0v) is 17.7. The number of methoxy groups -OCH3 is 2. The van der Waals surface area contributed by atoms with Crippen molar-refractivity contribution in [2.75, 3.05) is 20.8 Å². The zero-order chi connectivity index (χ0) is 22.1. The van der Waals surface area contributed by atoms with Crippen molar-refractivity contribution < 1.29 is 38.7 Å². The van der Waals surface area contributed by atoms with Crippen LogP contribution < -0.4 is 23.7 Å². The summed E-state index contributed by atoms with van der Waals surface area (Å²) in [5.74, 6) is 1.10. The number of hydrogen-bond acceptors (Lipinski definition) is 8. The Morgan fingerprint density at radius 2 is 1.81 bits per heavy atom. The van der Waals surface area contributed by atoms with Crippen LogP contribution in [-0.2, 0) is 12.0 Å². The van der Waals surface area contributed by atoms with Gasteiger partial charge in [0.25, 0.3) is 0 Å². The lowest BCUT2D eigenvalue weighted by Crippen LogP contribution is -2.57. The van der Waals surface area contributed by atoms with Crippen LogP contribution in [0.3, 0.4) is 0 Å². The van der Waals surface area contributed by atoms with Crippen LogP contribution in [0.15, 0.2) is 18.2 Å². The summed E-state index contributed by atoms with van der Waals surface area (Å²) in [7, 11) is 2.95. The third-order valence-corrected chi connectivity index (χ3v) is 6.34. The van der Waals surface area contributed by atoms with Gasteiger partial charge in [-0.25, -0.2) is 0 Å². The highest BCUT2D eigenvalue weighted by molar-refractivity contribution is 6.09. The van der Waals surface area contributed by atoms with E-state index in [1.54, 1.807) is 6.07 Å². The largest absolute Gasteiger partial charge is 0.507 e. The first kappa shape index (κ1) is 19.8. The van der Waals surface area contributed by atoms with E-state index in [2.05, 4.69) is 0 Å². The summed E-state index contributed by atoms with van der Waals surface area (Å²) in [5, 5.41) is 22.3. The molecule has 0 radical (unpaired) electrons. The number of hydrogen-bond donors (Lipinski definition) is 2. The quantitative estimate of drug-likeness (QED) is 0.769. The van der Waals surface area contributed by atoms with E-state index in [9.17, 15) is 15.0 Å². The number of phenolic OH excluding ortho intramolecular Hbond substituents is 1. The second-order valence-electron chi connectivity index (χ2n) is 8.40. The van der Waals surface area contributed by atoms with Crippen LogP contribution in [0.2, 0.25) is 0 Å². The number of rotatable bonds is 3.